The first-order valence-electron chi connectivity index (χ1n) is 9.85. The second kappa shape index (κ2) is 10.2. The molecule has 170 valence electrons. The molecule has 0 atom stereocenters. The summed E-state index contributed by atoms with van der Waals surface area (Å²) in [5, 5.41) is 2.76. The van der Waals surface area contributed by atoms with Gasteiger partial charge in [-0.15, -0.1) is 11.8 Å². The van der Waals surface area contributed by atoms with E-state index < -0.39 is 21.8 Å². The lowest BCUT2D eigenvalue weighted by Gasteiger charge is -2.33. The van der Waals surface area contributed by atoms with E-state index >= 15 is 0 Å². The van der Waals surface area contributed by atoms with E-state index in [0.29, 0.717) is 23.7 Å². The van der Waals surface area contributed by atoms with Crippen LogP contribution >= 0.6 is 11.8 Å². The van der Waals surface area contributed by atoms with Gasteiger partial charge in [-0.1, -0.05) is 18.2 Å². The third kappa shape index (κ3) is 5.67. The van der Waals surface area contributed by atoms with Gasteiger partial charge < -0.3 is 16.0 Å². The van der Waals surface area contributed by atoms with Gasteiger partial charge in [0, 0.05) is 43.6 Å². The van der Waals surface area contributed by atoms with Crippen molar-refractivity contribution in [3.63, 3.8) is 0 Å². The average molecular weight is 477 g/mol. The van der Waals surface area contributed by atoms with E-state index in [1.54, 1.807) is 29.2 Å². The lowest BCUT2D eigenvalue weighted by molar-refractivity contribution is -0.130. The Morgan fingerprint density at radius 3 is 2.38 bits per heavy atom. The summed E-state index contributed by atoms with van der Waals surface area (Å²) >= 11 is 1.20. The summed E-state index contributed by atoms with van der Waals surface area (Å²) in [5.74, 6) is -0.971. The molecule has 0 aromatic heterocycles. The highest BCUT2D eigenvalue weighted by molar-refractivity contribution is 8.00. The molecule has 0 unspecified atom stereocenters. The normalized spacial score (nSPS) is 14.7. The Morgan fingerprint density at radius 1 is 1.03 bits per heavy atom. The topological polar surface area (TPSA) is 130 Å². The fourth-order valence-corrected chi connectivity index (χ4v) is 5.45. The predicted octanol–water partition coefficient (Wildman–Crippen LogP) is 1.37. The molecular formula is C21H24N4O5S2. The number of hydrogen-bond donors (Lipinski definition) is 2. The molecular weight excluding hydrogens is 452 g/mol. The molecule has 3 N–H and O–H groups in total. The summed E-state index contributed by atoms with van der Waals surface area (Å²) in [6, 6.07) is 12.8. The minimum atomic E-state index is -3.81. The number of thioether (sulfide) groups is 1. The van der Waals surface area contributed by atoms with Gasteiger partial charge in [0.2, 0.25) is 21.8 Å². The second-order valence-corrected chi connectivity index (χ2v) is 10.1. The van der Waals surface area contributed by atoms with Crippen molar-refractivity contribution in [2.24, 2.45) is 5.73 Å². The van der Waals surface area contributed by atoms with E-state index in [1.165, 1.54) is 47.3 Å². The molecule has 2 aromatic rings. The minimum Gasteiger partial charge on any atom is -0.369 e. The predicted molar refractivity (Wildman–Crippen MR) is 122 cm³/mol. The molecule has 2 aromatic carbocycles. The van der Waals surface area contributed by atoms with Gasteiger partial charge in [0.05, 0.1) is 16.3 Å². The molecule has 9 nitrogen and oxygen atoms in total. The average Bonchev–Trinajstić information content (AvgIpc) is 2.78. The third-order valence-corrected chi connectivity index (χ3v) is 7.91. The molecule has 1 aliphatic rings. The molecule has 0 spiro atoms. The van der Waals surface area contributed by atoms with Crippen molar-refractivity contribution in [1.82, 2.24) is 9.21 Å². The van der Waals surface area contributed by atoms with Gasteiger partial charge in [0.15, 0.2) is 0 Å². The Kier molecular flexibility index (Phi) is 7.54. The SMILES string of the molecule is CC(=O)N1CCN(S(=O)(=O)c2cccc(C(=O)Nc3ccccc3SCC(N)=O)c2)CC1. The molecule has 1 fully saturated rings. The summed E-state index contributed by atoms with van der Waals surface area (Å²) < 4.78 is 27.4. The first kappa shape index (κ1) is 23.8. The van der Waals surface area contributed by atoms with Crippen LogP contribution in [0.15, 0.2) is 58.3 Å². The maximum atomic E-state index is 13.0. The molecule has 32 heavy (non-hydrogen) atoms. The van der Waals surface area contributed by atoms with Crippen LogP contribution in [0.2, 0.25) is 0 Å². The number of primary amides is 1. The molecule has 0 radical (unpaired) electrons. The third-order valence-electron chi connectivity index (χ3n) is 4.92. The first-order chi connectivity index (χ1) is 15.2. The van der Waals surface area contributed by atoms with E-state index in [1.807, 2.05) is 0 Å². The summed E-state index contributed by atoms with van der Waals surface area (Å²) in [7, 11) is -3.81. The smallest absolute Gasteiger partial charge is 0.255 e. The van der Waals surface area contributed by atoms with Crippen LogP contribution in [0.5, 0.6) is 0 Å². The lowest BCUT2D eigenvalue weighted by Crippen LogP contribution is -2.49. The van der Waals surface area contributed by atoms with Crippen LogP contribution in [0.4, 0.5) is 5.69 Å². The zero-order chi connectivity index (χ0) is 23.3. The van der Waals surface area contributed by atoms with Crippen LogP contribution in [0.1, 0.15) is 17.3 Å². The number of amides is 3. The molecule has 0 bridgehead atoms. The number of carbonyl (C=O) groups excluding carboxylic acids is 3. The number of nitrogens with two attached hydrogens (primary N) is 1. The monoisotopic (exact) mass is 476 g/mol. The number of nitrogens with zero attached hydrogens (tertiary/aromatic N) is 2. The fraction of sp³-hybridized carbons (Fsp3) is 0.286. The summed E-state index contributed by atoms with van der Waals surface area (Å²) in [5.41, 5.74) is 5.88. The first-order valence-corrected chi connectivity index (χ1v) is 12.3. The van der Waals surface area contributed by atoms with E-state index in [2.05, 4.69) is 5.32 Å². The minimum absolute atomic E-state index is 0.0119. The molecule has 1 aliphatic heterocycles. The molecule has 0 aliphatic carbocycles. The number of piperazine rings is 1. The number of hydrogen-bond acceptors (Lipinski definition) is 6. The van der Waals surface area contributed by atoms with Crippen LogP contribution in [0.25, 0.3) is 0 Å². The van der Waals surface area contributed by atoms with E-state index in [-0.39, 0.29) is 35.2 Å². The number of sulfonamides is 1. The zero-order valence-corrected chi connectivity index (χ0v) is 19.1. The van der Waals surface area contributed by atoms with Crippen molar-refractivity contribution < 1.29 is 22.8 Å². The Labute approximate surface area is 191 Å². The zero-order valence-electron chi connectivity index (χ0n) is 17.5. The van der Waals surface area contributed by atoms with Crippen molar-refractivity contribution in [1.29, 1.82) is 0 Å². The molecule has 0 saturated carbocycles. The Bertz CT molecular complexity index is 1130. The Hall–Kier alpha value is -2.89. The highest BCUT2D eigenvalue weighted by atomic mass is 32.2. The second-order valence-electron chi connectivity index (χ2n) is 7.14. The van der Waals surface area contributed by atoms with Gasteiger partial charge >= 0.3 is 0 Å². The van der Waals surface area contributed by atoms with Crippen molar-refractivity contribution >= 4 is 45.2 Å². The molecule has 3 amide bonds. The van der Waals surface area contributed by atoms with E-state index in [9.17, 15) is 22.8 Å². The molecule has 1 heterocycles. The Morgan fingerprint density at radius 2 is 1.72 bits per heavy atom. The van der Waals surface area contributed by atoms with Crippen LogP contribution in [0.3, 0.4) is 0 Å². The number of nitrogens with one attached hydrogen (secondary N) is 1. The number of benzene rings is 2. The van der Waals surface area contributed by atoms with Gasteiger partial charge in [0.1, 0.15) is 0 Å². The van der Waals surface area contributed by atoms with Crippen LogP contribution in [0, 0.1) is 0 Å². The van der Waals surface area contributed by atoms with Gasteiger partial charge in [-0.3, -0.25) is 14.4 Å². The quantitative estimate of drug-likeness (QED) is 0.581. The standard InChI is InChI=1S/C21H24N4O5S2/c1-15(26)24-9-11-25(12-10-24)32(29,30)17-6-4-5-16(13-17)21(28)23-18-7-2-3-8-19(18)31-14-20(22)27/h2-8,13H,9-12,14H2,1H3,(H2,22,27)(H,23,28). The van der Waals surface area contributed by atoms with E-state index in [4.69, 9.17) is 5.73 Å². The molecule has 1 saturated heterocycles. The maximum absolute atomic E-state index is 13.0. The molecule has 11 heteroatoms. The molecule has 3 rings (SSSR count). The van der Waals surface area contributed by atoms with Crippen LogP contribution in [-0.4, -0.2) is 67.3 Å². The number of para-hydroxylation sites is 1. The van der Waals surface area contributed by atoms with Crippen LogP contribution < -0.4 is 11.1 Å². The summed E-state index contributed by atoms with van der Waals surface area (Å²) in [4.78, 5) is 37.7. The summed E-state index contributed by atoms with van der Waals surface area (Å²) in [6.07, 6.45) is 0. The van der Waals surface area contributed by atoms with Crippen molar-refractivity contribution in [3.05, 3.63) is 54.1 Å². The van der Waals surface area contributed by atoms with Crippen molar-refractivity contribution in [3.8, 4) is 0 Å². The van der Waals surface area contributed by atoms with Crippen LogP contribution in [-0.2, 0) is 19.6 Å². The fourth-order valence-electron chi connectivity index (χ4n) is 3.23. The van der Waals surface area contributed by atoms with Gasteiger partial charge in [-0.05, 0) is 30.3 Å². The number of carbonyl (C=O) groups is 3. The van der Waals surface area contributed by atoms with Gasteiger partial charge in [-0.2, -0.15) is 4.31 Å². The lowest BCUT2D eigenvalue weighted by atomic mass is 10.2. The largest absolute Gasteiger partial charge is 0.369 e. The number of anilines is 1. The highest BCUT2D eigenvalue weighted by Gasteiger charge is 2.29. The Balaban J connectivity index is 1.76. The maximum Gasteiger partial charge on any atom is 0.255 e. The van der Waals surface area contributed by atoms with Crippen molar-refractivity contribution in [2.45, 2.75) is 16.7 Å². The number of rotatable bonds is 7. The van der Waals surface area contributed by atoms with Crippen molar-refractivity contribution in [2.75, 3.05) is 37.2 Å². The van der Waals surface area contributed by atoms with Gasteiger partial charge in [-0.25, -0.2) is 8.42 Å². The summed E-state index contributed by atoms with van der Waals surface area (Å²) in [6.45, 7) is 2.51. The van der Waals surface area contributed by atoms with E-state index in [0.717, 1.165) is 0 Å². The van der Waals surface area contributed by atoms with Gasteiger partial charge in [0.25, 0.3) is 5.91 Å². The highest BCUT2D eigenvalue weighted by Crippen LogP contribution is 2.27.